The van der Waals surface area contributed by atoms with Gasteiger partial charge in [0.25, 0.3) is 0 Å². The van der Waals surface area contributed by atoms with Gasteiger partial charge in [0.1, 0.15) is 0 Å². The number of thiocarbonyl (C=S) groups is 1. The molecule has 0 saturated carbocycles. The minimum absolute atomic E-state index is 0.154. The minimum Gasteiger partial charge on any atom is -0.375 e. The van der Waals surface area contributed by atoms with Crippen molar-refractivity contribution in [1.29, 1.82) is 0 Å². The van der Waals surface area contributed by atoms with Gasteiger partial charge < -0.3 is 5.73 Å². The van der Waals surface area contributed by atoms with Crippen LogP contribution in [0, 0.1) is 0 Å². The van der Waals surface area contributed by atoms with Crippen LogP contribution in [-0.2, 0) is 0 Å². The number of fused-ring (bicyclic) bond motifs is 1. The van der Waals surface area contributed by atoms with E-state index in [-0.39, 0.29) is 5.11 Å². The molecule has 0 spiro atoms. The average molecular weight is 305 g/mol. The van der Waals surface area contributed by atoms with Gasteiger partial charge in [-0.1, -0.05) is 60.7 Å². The van der Waals surface area contributed by atoms with E-state index in [1.807, 2.05) is 12.1 Å². The molecule has 0 radical (unpaired) electrons. The van der Waals surface area contributed by atoms with Crippen LogP contribution in [0.4, 0.5) is 0 Å². The highest BCUT2D eigenvalue weighted by Gasteiger charge is 2.03. The lowest BCUT2D eigenvalue weighted by atomic mass is 9.97. The Bertz CT molecular complexity index is 850. The summed E-state index contributed by atoms with van der Waals surface area (Å²) in [4.78, 5) is 0. The fourth-order valence-electron chi connectivity index (χ4n) is 2.43. The van der Waals surface area contributed by atoms with E-state index in [2.05, 4.69) is 65.1 Å². The summed E-state index contributed by atoms with van der Waals surface area (Å²) in [5, 5.41) is 6.62. The van der Waals surface area contributed by atoms with E-state index in [1.54, 1.807) is 6.21 Å². The number of benzene rings is 3. The van der Waals surface area contributed by atoms with Crippen LogP contribution in [0.3, 0.4) is 0 Å². The van der Waals surface area contributed by atoms with Crippen LogP contribution in [-0.4, -0.2) is 11.3 Å². The molecule has 0 saturated heterocycles. The molecule has 0 bridgehead atoms. The fourth-order valence-corrected chi connectivity index (χ4v) is 2.49. The van der Waals surface area contributed by atoms with Crippen molar-refractivity contribution in [2.45, 2.75) is 0 Å². The normalized spacial score (nSPS) is 10.9. The van der Waals surface area contributed by atoms with Crippen LogP contribution in [0.15, 0.2) is 71.8 Å². The molecule has 0 atom stereocenters. The molecule has 108 valence electrons. The van der Waals surface area contributed by atoms with E-state index in [9.17, 15) is 0 Å². The lowest BCUT2D eigenvalue weighted by molar-refractivity contribution is 1.04. The first-order valence-electron chi connectivity index (χ1n) is 6.91. The molecule has 0 aliphatic rings. The topological polar surface area (TPSA) is 50.4 Å². The van der Waals surface area contributed by atoms with Crippen LogP contribution in [0.25, 0.3) is 21.9 Å². The van der Waals surface area contributed by atoms with Gasteiger partial charge in [0.15, 0.2) is 5.11 Å². The highest BCUT2D eigenvalue weighted by molar-refractivity contribution is 7.80. The Labute approximate surface area is 134 Å². The van der Waals surface area contributed by atoms with Crippen molar-refractivity contribution in [1.82, 2.24) is 5.43 Å². The molecule has 3 rings (SSSR count). The van der Waals surface area contributed by atoms with Gasteiger partial charge in [-0.05, 0) is 45.7 Å². The lowest BCUT2D eigenvalue weighted by Crippen LogP contribution is -2.23. The zero-order chi connectivity index (χ0) is 15.4. The van der Waals surface area contributed by atoms with Crippen LogP contribution in [0.2, 0.25) is 0 Å². The summed E-state index contributed by atoms with van der Waals surface area (Å²) in [6, 6.07) is 22.9. The molecule has 0 amide bonds. The number of nitrogens with two attached hydrogens (primary N) is 1. The molecule has 3 aromatic carbocycles. The second kappa shape index (κ2) is 6.37. The monoisotopic (exact) mass is 305 g/mol. The SMILES string of the molecule is NC(=S)NN=Cc1cccc(-c2cccc3ccccc23)c1. The molecule has 0 aromatic heterocycles. The highest BCUT2D eigenvalue weighted by Crippen LogP contribution is 2.28. The number of nitrogens with one attached hydrogen (secondary N) is 1. The van der Waals surface area contributed by atoms with Crippen molar-refractivity contribution in [3.05, 3.63) is 72.3 Å². The van der Waals surface area contributed by atoms with E-state index < -0.39 is 0 Å². The van der Waals surface area contributed by atoms with Crippen molar-refractivity contribution >= 4 is 34.3 Å². The molecule has 3 aromatic rings. The first-order valence-corrected chi connectivity index (χ1v) is 7.31. The Hall–Kier alpha value is -2.72. The molecule has 0 aliphatic heterocycles. The average Bonchev–Trinajstić information content (AvgIpc) is 2.54. The zero-order valence-electron chi connectivity index (χ0n) is 11.9. The first kappa shape index (κ1) is 14.2. The van der Waals surface area contributed by atoms with Gasteiger partial charge in [0.2, 0.25) is 0 Å². The van der Waals surface area contributed by atoms with E-state index in [0.29, 0.717) is 0 Å². The predicted molar refractivity (Wildman–Crippen MR) is 96.9 cm³/mol. The van der Waals surface area contributed by atoms with E-state index in [4.69, 9.17) is 18.0 Å². The largest absolute Gasteiger partial charge is 0.375 e. The molecule has 0 heterocycles. The van der Waals surface area contributed by atoms with Crippen molar-refractivity contribution in [3.63, 3.8) is 0 Å². The first-order chi connectivity index (χ1) is 10.7. The van der Waals surface area contributed by atoms with Crippen molar-refractivity contribution < 1.29 is 0 Å². The quantitative estimate of drug-likeness (QED) is 0.441. The standard InChI is InChI=1S/C18H15N3S/c19-18(22)21-20-12-13-5-3-8-15(11-13)17-10-4-7-14-6-1-2-9-16(14)17/h1-12H,(H3,19,21,22). The summed E-state index contributed by atoms with van der Waals surface area (Å²) < 4.78 is 0. The molecule has 0 unspecified atom stereocenters. The van der Waals surface area contributed by atoms with E-state index >= 15 is 0 Å². The molecule has 0 aliphatic carbocycles. The van der Waals surface area contributed by atoms with Gasteiger partial charge in [0.05, 0.1) is 6.21 Å². The Balaban J connectivity index is 2.01. The fraction of sp³-hybridized carbons (Fsp3) is 0. The maximum atomic E-state index is 5.35. The van der Waals surface area contributed by atoms with Gasteiger partial charge >= 0.3 is 0 Å². The summed E-state index contributed by atoms with van der Waals surface area (Å²) in [5.41, 5.74) is 11.2. The maximum Gasteiger partial charge on any atom is 0.184 e. The molecule has 22 heavy (non-hydrogen) atoms. The van der Waals surface area contributed by atoms with Gasteiger partial charge in [0, 0.05) is 0 Å². The summed E-state index contributed by atoms with van der Waals surface area (Å²) >= 11 is 4.72. The second-order valence-corrected chi connectivity index (χ2v) is 5.33. The summed E-state index contributed by atoms with van der Waals surface area (Å²) in [7, 11) is 0. The highest BCUT2D eigenvalue weighted by atomic mass is 32.1. The third-order valence-corrected chi connectivity index (χ3v) is 3.47. The van der Waals surface area contributed by atoms with Crippen LogP contribution >= 0.6 is 12.2 Å². The minimum atomic E-state index is 0.154. The molecular formula is C18H15N3S. The predicted octanol–water partition coefficient (Wildman–Crippen LogP) is 3.67. The molecule has 0 fully saturated rings. The number of hydrogen-bond acceptors (Lipinski definition) is 2. The van der Waals surface area contributed by atoms with E-state index in [0.717, 1.165) is 11.1 Å². The van der Waals surface area contributed by atoms with Gasteiger partial charge in [-0.2, -0.15) is 5.10 Å². The third kappa shape index (κ3) is 3.13. The van der Waals surface area contributed by atoms with Gasteiger partial charge in [-0.3, -0.25) is 5.43 Å². The summed E-state index contributed by atoms with van der Waals surface area (Å²) in [5.74, 6) is 0. The number of hydrazone groups is 1. The zero-order valence-corrected chi connectivity index (χ0v) is 12.7. The smallest absolute Gasteiger partial charge is 0.184 e. The second-order valence-electron chi connectivity index (χ2n) is 4.89. The van der Waals surface area contributed by atoms with E-state index in [1.165, 1.54) is 16.3 Å². The van der Waals surface area contributed by atoms with Gasteiger partial charge in [-0.15, -0.1) is 0 Å². The Morgan fingerprint density at radius 3 is 2.64 bits per heavy atom. The lowest BCUT2D eigenvalue weighted by Gasteiger charge is -2.07. The van der Waals surface area contributed by atoms with Crippen LogP contribution in [0.1, 0.15) is 5.56 Å². The van der Waals surface area contributed by atoms with Crippen LogP contribution < -0.4 is 11.2 Å². The molecule has 4 heteroatoms. The van der Waals surface area contributed by atoms with Crippen LogP contribution in [0.5, 0.6) is 0 Å². The van der Waals surface area contributed by atoms with Crippen molar-refractivity contribution in [3.8, 4) is 11.1 Å². The number of nitrogens with zero attached hydrogens (tertiary/aromatic N) is 1. The van der Waals surface area contributed by atoms with Crippen molar-refractivity contribution in [2.75, 3.05) is 0 Å². The molecule has 3 N–H and O–H groups in total. The number of hydrogen-bond donors (Lipinski definition) is 2. The van der Waals surface area contributed by atoms with Crippen molar-refractivity contribution in [2.24, 2.45) is 10.8 Å². The Morgan fingerprint density at radius 2 is 1.77 bits per heavy atom. The maximum absolute atomic E-state index is 5.35. The summed E-state index contributed by atoms with van der Waals surface area (Å²) in [6.45, 7) is 0. The number of rotatable bonds is 3. The van der Waals surface area contributed by atoms with Gasteiger partial charge in [-0.25, -0.2) is 0 Å². The molecular weight excluding hydrogens is 290 g/mol. The third-order valence-electron chi connectivity index (χ3n) is 3.38. The Kier molecular flexibility index (Phi) is 4.12. The summed E-state index contributed by atoms with van der Waals surface area (Å²) in [6.07, 6.45) is 1.70. The Morgan fingerprint density at radius 1 is 1.00 bits per heavy atom. The molecule has 3 nitrogen and oxygen atoms in total.